The van der Waals surface area contributed by atoms with Crippen molar-refractivity contribution in [3.63, 3.8) is 0 Å². The fraction of sp³-hybridized carbons (Fsp3) is 0.600. The molecule has 0 bridgehead atoms. The summed E-state index contributed by atoms with van der Waals surface area (Å²) in [5.41, 5.74) is -1.56. The number of carbonyl (C=O) groups excluding carboxylic acids is 1. The van der Waals surface area contributed by atoms with E-state index < -0.39 is 17.3 Å². The molecule has 8 heteroatoms. The lowest BCUT2D eigenvalue weighted by atomic mass is 9.96. The number of pyridine rings is 1. The molecule has 130 valence electrons. The van der Waals surface area contributed by atoms with E-state index in [4.69, 9.17) is 21.4 Å². The molecule has 0 aromatic carbocycles. The average Bonchev–Trinajstić information content (AvgIpc) is 2.34. The Labute approximate surface area is 149 Å². The van der Waals surface area contributed by atoms with E-state index in [-0.39, 0.29) is 24.8 Å². The predicted molar refractivity (Wildman–Crippen MR) is 91.4 cm³/mol. The first-order valence-corrected chi connectivity index (χ1v) is 8.26. The second-order valence-electron chi connectivity index (χ2n) is 6.40. The molecule has 0 fully saturated rings. The number of aliphatic hydroxyl groups is 2. The summed E-state index contributed by atoms with van der Waals surface area (Å²) in [5.74, 6) is 0. The first kappa shape index (κ1) is 20.2. The summed E-state index contributed by atoms with van der Waals surface area (Å²) in [6.45, 7) is 6.55. The van der Waals surface area contributed by atoms with Gasteiger partial charge in [-0.1, -0.05) is 11.6 Å². The molecular formula is C15H22BrClN2O4. The first-order valence-electron chi connectivity index (χ1n) is 7.09. The van der Waals surface area contributed by atoms with Gasteiger partial charge in [0.25, 0.3) is 0 Å². The van der Waals surface area contributed by atoms with E-state index in [1.54, 1.807) is 33.8 Å². The minimum absolute atomic E-state index is 0.0467. The van der Waals surface area contributed by atoms with E-state index in [9.17, 15) is 9.90 Å². The van der Waals surface area contributed by atoms with Gasteiger partial charge in [-0.05, 0) is 61.3 Å². The molecule has 0 aliphatic carbocycles. The second kappa shape index (κ2) is 7.79. The van der Waals surface area contributed by atoms with Gasteiger partial charge in [-0.25, -0.2) is 9.78 Å². The third-order valence-corrected chi connectivity index (χ3v) is 3.50. The Morgan fingerprint density at radius 2 is 2.00 bits per heavy atom. The highest BCUT2D eigenvalue weighted by Gasteiger charge is 2.31. The third kappa shape index (κ3) is 6.63. The number of ether oxygens (including phenoxy) is 1. The molecule has 6 nitrogen and oxygen atoms in total. The van der Waals surface area contributed by atoms with Crippen molar-refractivity contribution in [2.24, 2.45) is 0 Å². The number of hydrogen-bond acceptors (Lipinski definition) is 5. The highest BCUT2D eigenvalue weighted by molar-refractivity contribution is 9.10. The highest BCUT2D eigenvalue weighted by Crippen LogP contribution is 2.27. The van der Waals surface area contributed by atoms with Crippen LogP contribution in [0.25, 0.3) is 0 Å². The molecule has 1 aromatic heterocycles. The number of carbonyl (C=O) groups is 1. The molecular weight excluding hydrogens is 388 g/mol. The van der Waals surface area contributed by atoms with Crippen LogP contribution in [0.2, 0.25) is 5.15 Å². The molecule has 0 spiro atoms. The lowest BCUT2D eigenvalue weighted by molar-refractivity contribution is -0.0155. The number of nitrogens with zero attached hydrogens (tertiary/aromatic N) is 2. The molecule has 0 aliphatic rings. The number of amides is 1. The van der Waals surface area contributed by atoms with Gasteiger partial charge in [0, 0.05) is 6.54 Å². The maximum Gasteiger partial charge on any atom is 0.410 e. The maximum absolute atomic E-state index is 12.2. The minimum Gasteiger partial charge on any atom is -0.444 e. The monoisotopic (exact) mass is 408 g/mol. The van der Waals surface area contributed by atoms with Gasteiger partial charge >= 0.3 is 6.09 Å². The molecule has 1 heterocycles. The first-order chi connectivity index (χ1) is 10.4. The Morgan fingerprint density at radius 1 is 1.39 bits per heavy atom. The van der Waals surface area contributed by atoms with Crippen LogP contribution in [-0.2, 0) is 10.3 Å². The molecule has 0 radical (unpaired) electrons. The molecule has 1 aromatic rings. The van der Waals surface area contributed by atoms with Crippen molar-refractivity contribution in [1.29, 1.82) is 0 Å². The summed E-state index contributed by atoms with van der Waals surface area (Å²) in [6.07, 6.45) is -0.606. The quantitative estimate of drug-likeness (QED) is 0.731. The van der Waals surface area contributed by atoms with Crippen molar-refractivity contribution in [1.82, 2.24) is 9.88 Å². The van der Waals surface area contributed by atoms with Gasteiger partial charge in [-0.3, -0.25) is 0 Å². The molecule has 0 saturated carbocycles. The number of aliphatic hydroxyl groups excluding tert-OH is 1. The fourth-order valence-corrected chi connectivity index (χ4v) is 2.67. The Morgan fingerprint density at radius 3 is 2.48 bits per heavy atom. The van der Waals surface area contributed by atoms with Crippen LogP contribution in [0.4, 0.5) is 4.79 Å². The summed E-state index contributed by atoms with van der Waals surface area (Å²) in [4.78, 5) is 17.5. The summed E-state index contributed by atoms with van der Waals surface area (Å²) in [7, 11) is 0. The fourth-order valence-electron chi connectivity index (χ4n) is 1.92. The zero-order chi connectivity index (χ0) is 17.8. The molecule has 1 rings (SSSR count). The molecule has 23 heavy (non-hydrogen) atoms. The van der Waals surface area contributed by atoms with E-state index in [0.717, 1.165) is 0 Å². The Kier molecular flexibility index (Phi) is 6.82. The van der Waals surface area contributed by atoms with Gasteiger partial charge in [0.05, 0.1) is 13.2 Å². The zero-order valence-corrected chi connectivity index (χ0v) is 16.0. The smallest absolute Gasteiger partial charge is 0.410 e. The number of rotatable bonds is 5. The van der Waals surface area contributed by atoms with E-state index in [1.165, 1.54) is 11.0 Å². The number of halogens is 2. The van der Waals surface area contributed by atoms with E-state index >= 15 is 0 Å². The van der Waals surface area contributed by atoms with Gasteiger partial charge < -0.3 is 19.8 Å². The van der Waals surface area contributed by atoms with Gasteiger partial charge in [-0.15, -0.1) is 0 Å². The van der Waals surface area contributed by atoms with Crippen LogP contribution in [0.15, 0.2) is 16.7 Å². The number of hydrogen-bond donors (Lipinski definition) is 2. The average molecular weight is 410 g/mol. The molecule has 0 aliphatic heterocycles. The lowest BCUT2D eigenvalue weighted by Gasteiger charge is -2.33. The highest BCUT2D eigenvalue weighted by atomic mass is 79.9. The van der Waals surface area contributed by atoms with Crippen LogP contribution in [0.3, 0.4) is 0 Å². The van der Waals surface area contributed by atoms with Crippen LogP contribution in [0.5, 0.6) is 0 Å². The number of aromatic nitrogens is 1. The van der Waals surface area contributed by atoms with Crippen LogP contribution >= 0.6 is 27.5 Å². The van der Waals surface area contributed by atoms with Crippen LogP contribution in [0.1, 0.15) is 33.3 Å². The van der Waals surface area contributed by atoms with Gasteiger partial charge in [0.2, 0.25) is 0 Å². The van der Waals surface area contributed by atoms with Gasteiger partial charge in [0.15, 0.2) is 0 Å². The normalized spacial score (nSPS) is 14.3. The molecule has 1 atom stereocenters. The van der Waals surface area contributed by atoms with Crippen molar-refractivity contribution in [3.8, 4) is 0 Å². The topological polar surface area (TPSA) is 82.9 Å². The molecule has 2 N–H and O–H groups in total. The molecule has 0 saturated heterocycles. The van der Waals surface area contributed by atoms with Crippen LogP contribution in [-0.4, -0.2) is 51.5 Å². The Balaban J connectivity index is 2.99. The summed E-state index contributed by atoms with van der Waals surface area (Å²) >= 11 is 9.13. The standard InChI is InChI=1S/C15H22BrClN2O4/c1-14(2,3)23-13(21)19(5-6-20)9-15(4,22)10-7-11(16)18-12(17)8-10/h7-8,20,22H,5-6,9H2,1-4H3. The van der Waals surface area contributed by atoms with Crippen molar-refractivity contribution >= 4 is 33.6 Å². The predicted octanol–water partition coefficient (Wildman–Crippen LogP) is 2.93. The van der Waals surface area contributed by atoms with Crippen molar-refractivity contribution < 1.29 is 19.7 Å². The summed E-state index contributed by atoms with van der Waals surface area (Å²) in [6, 6.07) is 3.15. The van der Waals surface area contributed by atoms with Crippen LogP contribution in [0, 0.1) is 0 Å². The molecule has 1 unspecified atom stereocenters. The second-order valence-corrected chi connectivity index (χ2v) is 7.60. The van der Waals surface area contributed by atoms with Gasteiger partial charge in [-0.2, -0.15) is 0 Å². The van der Waals surface area contributed by atoms with E-state index in [2.05, 4.69) is 20.9 Å². The third-order valence-electron chi connectivity index (χ3n) is 2.91. The van der Waals surface area contributed by atoms with E-state index in [0.29, 0.717) is 10.2 Å². The van der Waals surface area contributed by atoms with E-state index in [1.807, 2.05) is 0 Å². The van der Waals surface area contributed by atoms with Crippen LogP contribution < -0.4 is 0 Å². The van der Waals surface area contributed by atoms with Crippen molar-refractivity contribution in [3.05, 3.63) is 27.5 Å². The Hall–Kier alpha value is -0.890. The molecule has 1 amide bonds. The summed E-state index contributed by atoms with van der Waals surface area (Å²) < 4.78 is 5.78. The SMILES string of the molecule is CC(C)(C)OC(=O)N(CCO)CC(C)(O)c1cc(Cl)nc(Br)c1. The van der Waals surface area contributed by atoms with Gasteiger partial charge in [0.1, 0.15) is 21.0 Å². The lowest BCUT2D eigenvalue weighted by Crippen LogP contribution is -2.45. The minimum atomic E-state index is -1.39. The Bertz CT molecular complexity index is 541. The summed E-state index contributed by atoms with van der Waals surface area (Å²) in [5, 5.41) is 20.1. The van der Waals surface area contributed by atoms with Crippen molar-refractivity contribution in [2.75, 3.05) is 19.7 Å². The van der Waals surface area contributed by atoms with Crippen molar-refractivity contribution in [2.45, 2.75) is 38.9 Å². The zero-order valence-electron chi connectivity index (χ0n) is 13.6. The largest absolute Gasteiger partial charge is 0.444 e. The maximum atomic E-state index is 12.2.